The summed E-state index contributed by atoms with van der Waals surface area (Å²) in [5.41, 5.74) is 5.76. The number of nitrogen functional groups attached to an aromatic ring is 1. The smallest absolute Gasteiger partial charge is 0.398 e. The van der Waals surface area contributed by atoms with Crippen LogP contribution in [0.5, 0.6) is 0 Å². The van der Waals surface area contributed by atoms with Gasteiger partial charge in [-0.1, -0.05) is 6.07 Å². The average Bonchev–Trinajstić information content (AvgIpc) is 2.28. The lowest BCUT2D eigenvalue weighted by Crippen LogP contribution is -2.05. The highest BCUT2D eigenvalue weighted by molar-refractivity contribution is 5.91. The summed E-state index contributed by atoms with van der Waals surface area (Å²) in [6, 6.07) is 3.15. The fourth-order valence-electron chi connectivity index (χ4n) is 1.56. The quantitative estimate of drug-likeness (QED) is 0.806. The molecule has 0 aliphatic rings. The van der Waals surface area contributed by atoms with E-state index in [1.54, 1.807) is 0 Å². The van der Waals surface area contributed by atoms with E-state index in [-0.39, 0.29) is 17.8 Å². The van der Waals surface area contributed by atoms with Gasteiger partial charge in [0.2, 0.25) is 0 Å². The van der Waals surface area contributed by atoms with Crippen molar-refractivity contribution >= 4 is 16.6 Å². The number of hydrogen-bond donors (Lipinski definition) is 2. The summed E-state index contributed by atoms with van der Waals surface area (Å²) in [7, 11) is 0. The highest BCUT2D eigenvalue weighted by Gasteiger charge is 2.30. The van der Waals surface area contributed by atoms with Crippen LogP contribution in [-0.2, 0) is 12.8 Å². The molecule has 2 aromatic rings. The number of nitrogens with zero attached hydrogens (tertiary/aromatic N) is 1. The minimum Gasteiger partial charge on any atom is -0.398 e. The second-order valence-electron chi connectivity index (χ2n) is 3.58. The summed E-state index contributed by atoms with van der Waals surface area (Å²) in [4.78, 5) is 3.85. The first-order chi connectivity index (χ1) is 7.93. The Morgan fingerprint density at radius 2 is 2.00 bits per heavy atom. The zero-order valence-corrected chi connectivity index (χ0v) is 8.62. The normalized spacial score (nSPS) is 12.0. The Hall–Kier alpha value is -1.82. The molecule has 0 atom stereocenters. The van der Waals surface area contributed by atoms with Gasteiger partial charge in [-0.25, -0.2) is 0 Å². The first kappa shape index (κ1) is 11.7. The third-order valence-corrected chi connectivity index (χ3v) is 2.49. The number of hydrogen-bond acceptors (Lipinski definition) is 3. The van der Waals surface area contributed by atoms with Crippen molar-refractivity contribution in [3.05, 3.63) is 35.5 Å². The van der Waals surface area contributed by atoms with Crippen molar-refractivity contribution in [2.24, 2.45) is 0 Å². The standard InChI is InChI=1S/C11H9F3N2O/c12-11(13,14)7-1-2-8-9(3-7)16-4-6(5-17)10(8)15/h1-4,17H,5H2,(H2,15,16). The highest BCUT2D eigenvalue weighted by Crippen LogP contribution is 2.32. The fraction of sp³-hybridized carbons (Fsp3) is 0.182. The minimum absolute atomic E-state index is 0.162. The molecule has 17 heavy (non-hydrogen) atoms. The topological polar surface area (TPSA) is 59.1 Å². The van der Waals surface area contributed by atoms with Gasteiger partial charge in [0.15, 0.2) is 0 Å². The second-order valence-corrected chi connectivity index (χ2v) is 3.58. The van der Waals surface area contributed by atoms with Gasteiger partial charge in [-0.05, 0) is 12.1 Å². The van der Waals surface area contributed by atoms with Crippen LogP contribution < -0.4 is 5.73 Å². The van der Waals surface area contributed by atoms with Crippen molar-refractivity contribution in [1.29, 1.82) is 0 Å². The van der Waals surface area contributed by atoms with Crippen molar-refractivity contribution in [2.45, 2.75) is 12.8 Å². The van der Waals surface area contributed by atoms with Gasteiger partial charge in [0.05, 0.1) is 17.7 Å². The summed E-state index contributed by atoms with van der Waals surface area (Å²) in [6.45, 7) is -0.296. The van der Waals surface area contributed by atoms with E-state index in [1.165, 1.54) is 12.3 Å². The van der Waals surface area contributed by atoms with Gasteiger partial charge in [-0.3, -0.25) is 4.98 Å². The van der Waals surface area contributed by atoms with E-state index in [0.717, 1.165) is 12.1 Å². The van der Waals surface area contributed by atoms with Crippen LogP contribution in [-0.4, -0.2) is 10.1 Å². The number of alkyl halides is 3. The van der Waals surface area contributed by atoms with Gasteiger partial charge in [-0.2, -0.15) is 13.2 Å². The molecule has 0 fully saturated rings. The molecule has 0 saturated carbocycles. The molecule has 3 nitrogen and oxygen atoms in total. The molecule has 90 valence electrons. The van der Waals surface area contributed by atoms with E-state index in [4.69, 9.17) is 10.8 Å². The van der Waals surface area contributed by atoms with E-state index in [9.17, 15) is 13.2 Å². The molecular weight excluding hydrogens is 233 g/mol. The van der Waals surface area contributed by atoms with Gasteiger partial charge in [0.25, 0.3) is 0 Å². The Balaban J connectivity index is 2.66. The summed E-state index contributed by atoms with van der Waals surface area (Å²) in [6.07, 6.45) is -3.13. The van der Waals surface area contributed by atoms with E-state index in [2.05, 4.69) is 4.98 Å². The zero-order valence-electron chi connectivity index (χ0n) is 8.62. The van der Waals surface area contributed by atoms with E-state index in [0.29, 0.717) is 10.9 Å². The molecule has 0 unspecified atom stereocenters. The number of nitrogens with two attached hydrogens (primary N) is 1. The van der Waals surface area contributed by atoms with Crippen molar-refractivity contribution in [2.75, 3.05) is 5.73 Å². The molecular formula is C11H9F3N2O. The predicted molar refractivity (Wildman–Crippen MR) is 57.1 cm³/mol. The van der Waals surface area contributed by atoms with Gasteiger partial charge < -0.3 is 10.8 Å². The van der Waals surface area contributed by atoms with Crippen LogP contribution in [0.15, 0.2) is 24.4 Å². The highest BCUT2D eigenvalue weighted by atomic mass is 19.4. The SMILES string of the molecule is Nc1c(CO)cnc2cc(C(F)(F)F)ccc12. The van der Waals surface area contributed by atoms with Crippen molar-refractivity contribution < 1.29 is 18.3 Å². The number of halogens is 3. The maximum Gasteiger partial charge on any atom is 0.416 e. The van der Waals surface area contributed by atoms with Gasteiger partial charge >= 0.3 is 6.18 Å². The second kappa shape index (κ2) is 3.89. The number of aliphatic hydroxyl groups is 1. The third-order valence-electron chi connectivity index (χ3n) is 2.49. The van der Waals surface area contributed by atoms with Gasteiger partial charge in [-0.15, -0.1) is 0 Å². The first-order valence-corrected chi connectivity index (χ1v) is 4.78. The molecule has 1 heterocycles. The van der Waals surface area contributed by atoms with E-state index in [1.807, 2.05) is 0 Å². The monoisotopic (exact) mass is 242 g/mol. The molecule has 2 rings (SSSR count). The molecule has 3 N–H and O–H groups in total. The molecule has 0 amide bonds. The Morgan fingerprint density at radius 3 is 2.59 bits per heavy atom. The molecule has 1 aromatic carbocycles. The number of aromatic nitrogens is 1. The molecule has 0 radical (unpaired) electrons. The Kier molecular flexibility index (Phi) is 2.66. The molecule has 0 aliphatic heterocycles. The average molecular weight is 242 g/mol. The van der Waals surface area contributed by atoms with Crippen molar-refractivity contribution in [3.63, 3.8) is 0 Å². The number of pyridine rings is 1. The zero-order chi connectivity index (χ0) is 12.6. The predicted octanol–water partition coefficient (Wildman–Crippen LogP) is 2.33. The Bertz CT molecular complexity index is 566. The van der Waals surface area contributed by atoms with Crippen LogP contribution in [0.2, 0.25) is 0 Å². The number of anilines is 1. The number of fused-ring (bicyclic) bond motifs is 1. The van der Waals surface area contributed by atoms with Crippen LogP contribution in [0.3, 0.4) is 0 Å². The molecule has 0 spiro atoms. The fourth-order valence-corrected chi connectivity index (χ4v) is 1.56. The minimum atomic E-state index is -4.40. The summed E-state index contributed by atoms with van der Waals surface area (Å²) in [5.74, 6) is 0. The number of benzene rings is 1. The summed E-state index contributed by atoms with van der Waals surface area (Å²) in [5, 5.41) is 9.37. The molecule has 0 bridgehead atoms. The van der Waals surface area contributed by atoms with Crippen LogP contribution in [0.4, 0.5) is 18.9 Å². The lowest BCUT2D eigenvalue weighted by molar-refractivity contribution is -0.137. The van der Waals surface area contributed by atoms with Crippen LogP contribution in [0, 0.1) is 0 Å². The van der Waals surface area contributed by atoms with E-state index >= 15 is 0 Å². The number of aliphatic hydroxyl groups excluding tert-OH is 1. The summed E-state index contributed by atoms with van der Waals surface area (Å²) >= 11 is 0. The lowest BCUT2D eigenvalue weighted by Gasteiger charge is -2.10. The van der Waals surface area contributed by atoms with Crippen molar-refractivity contribution in [3.8, 4) is 0 Å². The Morgan fingerprint density at radius 1 is 1.29 bits per heavy atom. The van der Waals surface area contributed by atoms with Crippen molar-refractivity contribution in [1.82, 2.24) is 4.98 Å². The number of rotatable bonds is 1. The van der Waals surface area contributed by atoms with Crippen LogP contribution in [0.1, 0.15) is 11.1 Å². The van der Waals surface area contributed by atoms with Crippen LogP contribution in [0.25, 0.3) is 10.9 Å². The maximum absolute atomic E-state index is 12.5. The summed E-state index contributed by atoms with van der Waals surface area (Å²) < 4.78 is 37.4. The van der Waals surface area contributed by atoms with Gasteiger partial charge in [0, 0.05) is 22.8 Å². The first-order valence-electron chi connectivity index (χ1n) is 4.78. The Labute approximate surface area is 94.7 Å². The van der Waals surface area contributed by atoms with Gasteiger partial charge in [0.1, 0.15) is 0 Å². The molecule has 0 saturated heterocycles. The largest absolute Gasteiger partial charge is 0.416 e. The van der Waals surface area contributed by atoms with Crippen LogP contribution >= 0.6 is 0 Å². The molecule has 0 aliphatic carbocycles. The molecule has 1 aromatic heterocycles. The third kappa shape index (κ3) is 2.03. The lowest BCUT2D eigenvalue weighted by atomic mass is 10.1. The molecule has 6 heteroatoms. The maximum atomic E-state index is 12.5. The van der Waals surface area contributed by atoms with E-state index < -0.39 is 11.7 Å².